The molecule has 3 heteroatoms. The van der Waals surface area contributed by atoms with Crippen molar-refractivity contribution in [1.29, 1.82) is 0 Å². The van der Waals surface area contributed by atoms with E-state index in [9.17, 15) is 5.11 Å². The van der Waals surface area contributed by atoms with Gasteiger partial charge in [0.2, 0.25) is 0 Å². The van der Waals surface area contributed by atoms with Crippen LogP contribution in [-0.2, 0) is 6.54 Å². The molecule has 3 N–H and O–H groups in total. The van der Waals surface area contributed by atoms with Crippen LogP contribution in [0.15, 0.2) is 29.8 Å². The molecular weight excluding hydrogens is 200 g/mol. The SMILES string of the molecule is CC1=CCN(Cc2ccc(O)c(N)c2)CC1. The first kappa shape index (κ1) is 11.0. The van der Waals surface area contributed by atoms with Crippen molar-refractivity contribution in [3.05, 3.63) is 35.4 Å². The van der Waals surface area contributed by atoms with Crippen LogP contribution in [0.4, 0.5) is 5.69 Å². The highest BCUT2D eigenvalue weighted by Crippen LogP contribution is 2.22. The van der Waals surface area contributed by atoms with Gasteiger partial charge in [0.15, 0.2) is 0 Å². The third-order valence-corrected chi connectivity index (χ3v) is 3.02. The Morgan fingerprint density at radius 2 is 2.25 bits per heavy atom. The Labute approximate surface area is 96.2 Å². The van der Waals surface area contributed by atoms with Crippen LogP contribution in [0.5, 0.6) is 5.75 Å². The normalized spacial score (nSPS) is 17.2. The minimum atomic E-state index is 0.165. The fourth-order valence-corrected chi connectivity index (χ4v) is 1.92. The molecule has 1 aliphatic rings. The van der Waals surface area contributed by atoms with E-state index >= 15 is 0 Å². The van der Waals surface area contributed by atoms with Crippen molar-refractivity contribution in [1.82, 2.24) is 4.90 Å². The lowest BCUT2D eigenvalue weighted by atomic mass is 10.1. The summed E-state index contributed by atoms with van der Waals surface area (Å²) in [7, 11) is 0. The highest BCUT2D eigenvalue weighted by molar-refractivity contribution is 5.53. The van der Waals surface area contributed by atoms with Gasteiger partial charge in [-0.25, -0.2) is 0 Å². The summed E-state index contributed by atoms with van der Waals surface area (Å²) < 4.78 is 0. The molecule has 0 aliphatic carbocycles. The van der Waals surface area contributed by atoms with Crippen molar-refractivity contribution in [3.8, 4) is 5.75 Å². The van der Waals surface area contributed by atoms with E-state index in [2.05, 4.69) is 17.9 Å². The van der Waals surface area contributed by atoms with Gasteiger partial charge in [0, 0.05) is 19.6 Å². The van der Waals surface area contributed by atoms with Crippen molar-refractivity contribution in [2.75, 3.05) is 18.8 Å². The number of phenolic OH excluding ortho intramolecular Hbond substituents is 1. The second-order valence-corrected chi connectivity index (χ2v) is 4.43. The molecule has 1 aromatic carbocycles. The molecule has 1 aliphatic heterocycles. The van der Waals surface area contributed by atoms with E-state index in [1.807, 2.05) is 12.1 Å². The summed E-state index contributed by atoms with van der Waals surface area (Å²) in [5.74, 6) is 0.165. The summed E-state index contributed by atoms with van der Waals surface area (Å²) >= 11 is 0. The molecule has 0 amide bonds. The van der Waals surface area contributed by atoms with Crippen LogP contribution >= 0.6 is 0 Å². The molecular formula is C13H18N2O. The lowest BCUT2D eigenvalue weighted by Gasteiger charge is -2.25. The number of nitrogens with two attached hydrogens (primary N) is 1. The molecule has 1 aromatic rings. The number of nitrogen functional groups attached to an aromatic ring is 1. The lowest BCUT2D eigenvalue weighted by Crippen LogP contribution is -2.27. The largest absolute Gasteiger partial charge is 0.506 e. The van der Waals surface area contributed by atoms with Crippen LogP contribution in [0, 0.1) is 0 Å². The molecule has 0 atom stereocenters. The summed E-state index contributed by atoms with van der Waals surface area (Å²) in [6, 6.07) is 5.44. The molecule has 0 unspecified atom stereocenters. The number of nitrogens with zero attached hydrogens (tertiary/aromatic N) is 1. The second-order valence-electron chi connectivity index (χ2n) is 4.43. The zero-order valence-electron chi connectivity index (χ0n) is 9.61. The van der Waals surface area contributed by atoms with Crippen molar-refractivity contribution in [2.45, 2.75) is 19.9 Å². The van der Waals surface area contributed by atoms with Gasteiger partial charge in [-0.3, -0.25) is 4.90 Å². The maximum atomic E-state index is 9.34. The van der Waals surface area contributed by atoms with Crippen LogP contribution in [0.3, 0.4) is 0 Å². The van der Waals surface area contributed by atoms with E-state index in [-0.39, 0.29) is 5.75 Å². The summed E-state index contributed by atoms with van der Waals surface area (Å²) in [6.45, 7) is 5.18. The Balaban J connectivity index is 2.02. The van der Waals surface area contributed by atoms with Crippen molar-refractivity contribution < 1.29 is 5.11 Å². The van der Waals surface area contributed by atoms with Gasteiger partial charge < -0.3 is 10.8 Å². The van der Waals surface area contributed by atoms with Crippen LogP contribution in [0.1, 0.15) is 18.9 Å². The van der Waals surface area contributed by atoms with E-state index in [1.165, 1.54) is 5.57 Å². The van der Waals surface area contributed by atoms with Gasteiger partial charge in [0.25, 0.3) is 0 Å². The topological polar surface area (TPSA) is 49.5 Å². The highest BCUT2D eigenvalue weighted by atomic mass is 16.3. The smallest absolute Gasteiger partial charge is 0.138 e. The van der Waals surface area contributed by atoms with Gasteiger partial charge in [-0.15, -0.1) is 0 Å². The first-order valence-electron chi connectivity index (χ1n) is 5.60. The van der Waals surface area contributed by atoms with Crippen molar-refractivity contribution in [2.24, 2.45) is 0 Å². The van der Waals surface area contributed by atoms with E-state index in [1.54, 1.807) is 6.07 Å². The molecule has 3 nitrogen and oxygen atoms in total. The zero-order chi connectivity index (χ0) is 11.5. The second kappa shape index (κ2) is 4.58. The Morgan fingerprint density at radius 3 is 2.88 bits per heavy atom. The fourth-order valence-electron chi connectivity index (χ4n) is 1.92. The molecule has 0 bridgehead atoms. The Morgan fingerprint density at radius 1 is 1.44 bits per heavy atom. The quantitative estimate of drug-likeness (QED) is 0.454. The monoisotopic (exact) mass is 218 g/mol. The standard InChI is InChI=1S/C13H18N2O/c1-10-4-6-15(7-5-10)9-11-2-3-13(16)12(14)8-11/h2-4,8,16H,5-7,9,14H2,1H3. The predicted octanol–water partition coefficient (Wildman–Crippen LogP) is 2.13. The van der Waals surface area contributed by atoms with Gasteiger partial charge >= 0.3 is 0 Å². The van der Waals surface area contributed by atoms with Gasteiger partial charge in [-0.2, -0.15) is 0 Å². The van der Waals surface area contributed by atoms with Gasteiger partial charge in [-0.1, -0.05) is 17.7 Å². The predicted molar refractivity (Wildman–Crippen MR) is 66.2 cm³/mol. The maximum Gasteiger partial charge on any atom is 0.138 e. The summed E-state index contributed by atoms with van der Waals surface area (Å²) in [4.78, 5) is 2.37. The Kier molecular flexibility index (Phi) is 3.15. The van der Waals surface area contributed by atoms with E-state index in [4.69, 9.17) is 5.73 Å². The average Bonchev–Trinajstić information content (AvgIpc) is 2.27. The lowest BCUT2D eigenvalue weighted by molar-refractivity contribution is 0.286. The number of benzene rings is 1. The van der Waals surface area contributed by atoms with E-state index in [0.717, 1.165) is 31.6 Å². The summed E-state index contributed by atoms with van der Waals surface area (Å²) in [6.07, 6.45) is 3.42. The third kappa shape index (κ3) is 2.55. The molecule has 0 radical (unpaired) electrons. The first-order chi connectivity index (χ1) is 7.65. The molecule has 1 heterocycles. The maximum absolute atomic E-state index is 9.34. The van der Waals surface area contributed by atoms with Crippen LogP contribution in [0.2, 0.25) is 0 Å². The third-order valence-electron chi connectivity index (χ3n) is 3.02. The first-order valence-corrected chi connectivity index (χ1v) is 5.60. The van der Waals surface area contributed by atoms with E-state index < -0.39 is 0 Å². The van der Waals surface area contributed by atoms with Crippen LogP contribution in [-0.4, -0.2) is 23.1 Å². The van der Waals surface area contributed by atoms with Gasteiger partial charge in [0.05, 0.1) is 5.69 Å². The fraction of sp³-hybridized carbons (Fsp3) is 0.385. The minimum absolute atomic E-state index is 0.165. The zero-order valence-corrected chi connectivity index (χ0v) is 9.61. The van der Waals surface area contributed by atoms with Gasteiger partial charge in [-0.05, 0) is 31.0 Å². The number of hydrogen-bond acceptors (Lipinski definition) is 3. The molecule has 16 heavy (non-hydrogen) atoms. The Hall–Kier alpha value is -1.48. The summed E-state index contributed by atoms with van der Waals surface area (Å²) in [5, 5.41) is 9.34. The number of rotatable bonds is 2. The average molecular weight is 218 g/mol. The number of aromatic hydroxyl groups is 1. The molecule has 0 fully saturated rings. The minimum Gasteiger partial charge on any atom is -0.506 e. The number of phenols is 1. The van der Waals surface area contributed by atoms with Crippen molar-refractivity contribution >= 4 is 5.69 Å². The molecule has 0 aromatic heterocycles. The van der Waals surface area contributed by atoms with Gasteiger partial charge in [0.1, 0.15) is 5.75 Å². The molecule has 0 saturated carbocycles. The highest BCUT2D eigenvalue weighted by Gasteiger charge is 2.10. The molecule has 0 spiro atoms. The van der Waals surface area contributed by atoms with Crippen molar-refractivity contribution in [3.63, 3.8) is 0 Å². The molecule has 0 saturated heterocycles. The summed E-state index contributed by atoms with van der Waals surface area (Å²) in [5.41, 5.74) is 8.76. The Bertz CT molecular complexity index is 412. The van der Waals surface area contributed by atoms with Crippen LogP contribution in [0.25, 0.3) is 0 Å². The van der Waals surface area contributed by atoms with E-state index in [0.29, 0.717) is 5.69 Å². The molecule has 2 rings (SSSR count). The number of anilines is 1. The number of hydrogen-bond donors (Lipinski definition) is 2. The van der Waals surface area contributed by atoms with Crippen LogP contribution < -0.4 is 5.73 Å². The molecule has 86 valence electrons.